The number of fused-ring (bicyclic) bond motifs is 1. The molecule has 0 bridgehead atoms. The zero-order chi connectivity index (χ0) is 13.2. The number of nitrogens with two attached hydrogens (primary N) is 1. The van der Waals surface area contributed by atoms with E-state index in [-0.39, 0.29) is 5.75 Å². The maximum atomic E-state index is 9.81. The number of aromatic hydroxyl groups is 1. The van der Waals surface area contributed by atoms with E-state index >= 15 is 0 Å². The Balaban J connectivity index is 1.95. The third-order valence-electron chi connectivity index (χ3n) is 3.20. The lowest BCUT2D eigenvalue weighted by atomic mass is 10.2. The van der Waals surface area contributed by atoms with Crippen molar-refractivity contribution in [1.82, 2.24) is 4.90 Å². The van der Waals surface area contributed by atoms with Crippen LogP contribution in [-0.4, -0.2) is 16.3 Å². The summed E-state index contributed by atoms with van der Waals surface area (Å²) in [4.78, 5) is 6.36. The molecule has 2 aromatic carbocycles. The van der Waals surface area contributed by atoms with Crippen LogP contribution in [0.1, 0.15) is 5.56 Å². The monoisotopic (exact) mass is 253 g/mol. The smallest absolute Gasteiger partial charge is 0.174 e. The Morgan fingerprint density at radius 2 is 1.84 bits per heavy atom. The molecule has 1 aliphatic rings. The van der Waals surface area contributed by atoms with Crippen LogP contribution in [0.2, 0.25) is 0 Å². The molecule has 0 spiro atoms. The molecule has 1 aliphatic heterocycles. The van der Waals surface area contributed by atoms with E-state index in [0.717, 1.165) is 16.1 Å². The Labute approximate surface area is 111 Å². The van der Waals surface area contributed by atoms with Crippen LogP contribution in [0.5, 0.6) is 5.75 Å². The van der Waals surface area contributed by atoms with Crippen molar-refractivity contribution < 1.29 is 5.11 Å². The molecule has 4 nitrogen and oxygen atoms in total. The first-order valence-corrected chi connectivity index (χ1v) is 6.17. The van der Waals surface area contributed by atoms with E-state index in [1.165, 1.54) is 0 Å². The fourth-order valence-electron chi connectivity index (χ4n) is 2.17. The predicted octanol–water partition coefficient (Wildman–Crippen LogP) is 0.508. The van der Waals surface area contributed by atoms with E-state index in [0.29, 0.717) is 6.54 Å². The van der Waals surface area contributed by atoms with Crippen LogP contribution in [0.15, 0.2) is 53.5 Å². The lowest BCUT2D eigenvalue weighted by molar-refractivity contribution is 0.296. The van der Waals surface area contributed by atoms with Gasteiger partial charge in [-0.1, -0.05) is 36.4 Å². The summed E-state index contributed by atoms with van der Waals surface area (Å²) in [5.41, 5.74) is 6.87. The van der Waals surface area contributed by atoms with E-state index in [2.05, 4.69) is 4.99 Å². The summed E-state index contributed by atoms with van der Waals surface area (Å²) in [6.07, 6.45) is 1.56. The first-order chi connectivity index (χ1) is 9.24. The summed E-state index contributed by atoms with van der Waals surface area (Å²) in [5.74, 6) is 0.280. The Hall–Kier alpha value is -2.33. The first kappa shape index (κ1) is 11.7. The van der Waals surface area contributed by atoms with Gasteiger partial charge in [-0.15, -0.1) is 0 Å². The van der Waals surface area contributed by atoms with Crippen molar-refractivity contribution in [3.63, 3.8) is 0 Å². The van der Waals surface area contributed by atoms with Crippen molar-refractivity contribution in [1.29, 1.82) is 0 Å². The number of phenolic OH excluding ortho intramolecular Hbond substituents is 1. The summed E-state index contributed by atoms with van der Waals surface area (Å²) < 4.78 is 0. The molecule has 0 radical (unpaired) electrons. The van der Waals surface area contributed by atoms with Gasteiger partial charge in [0.25, 0.3) is 0 Å². The Morgan fingerprint density at radius 1 is 1.11 bits per heavy atom. The van der Waals surface area contributed by atoms with E-state index in [1.807, 2.05) is 47.5 Å². The second-order valence-electron chi connectivity index (χ2n) is 4.53. The van der Waals surface area contributed by atoms with Crippen LogP contribution >= 0.6 is 0 Å². The minimum absolute atomic E-state index is 0.280. The minimum atomic E-state index is -0.422. The molecule has 4 heteroatoms. The summed E-state index contributed by atoms with van der Waals surface area (Å²) in [7, 11) is 0. The van der Waals surface area contributed by atoms with Gasteiger partial charge in [-0.2, -0.15) is 0 Å². The lowest BCUT2D eigenvalue weighted by Crippen LogP contribution is -2.45. The molecule has 1 unspecified atom stereocenters. The molecular weight excluding hydrogens is 238 g/mol. The molecule has 2 aromatic rings. The van der Waals surface area contributed by atoms with E-state index < -0.39 is 6.29 Å². The Bertz CT molecular complexity index is 711. The third-order valence-corrected chi connectivity index (χ3v) is 3.20. The van der Waals surface area contributed by atoms with E-state index in [4.69, 9.17) is 5.73 Å². The lowest BCUT2D eigenvalue weighted by Gasteiger charge is -2.27. The maximum Gasteiger partial charge on any atom is 0.174 e. The molecule has 0 saturated carbocycles. The van der Waals surface area contributed by atoms with Crippen LogP contribution in [0.4, 0.5) is 0 Å². The SMILES string of the molecule is NC1N=c2ccccc2=CN1Cc1ccccc1O. The molecule has 19 heavy (non-hydrogen) atoms. The highest BCUT2D eigenvalue weighted by atomic mass is 16.3. The molecule has 1 heterocycles. The van der Waals surface area contributed by atoms with Crippen molar-refractivity contribution in [3.05, 3.63) is 64.7 Å². The van der Waals surface area contributed by atoms with Crippen molar-refractivity contribution in [2.45, 2.75) is 12.8 Å². The molecule has 0 aliphatic carbocycles. The zero-order valence-electron chi connectivity index (χ0n) is 10.4. The number of para-hydroxylation sites is 2. The van der Waals surface area contributed by atoms with Crippen molar-refractivity contribution in [2.24, 2.45) is 10.7 Å². The van der Waals surface area contributed by atoms with Gasteiger partial charge in [0.2, 0.25) is 0 Å². The highest BCUT2D eigenvalue weighted by Crippen LogP contribution is 2.18. The molecule has 0 aromatic heterocycles. The minimum Gasteiger partial charge on any atom is -0.508 e. The van der Waals surface area contributed by atoms with Crippen LogP contribution in [0, 0.1) is 0 Å². The number of hydrogen-bond acceptors (Lipinski definition) is 4. The molecule has 1 atom stereocenters. The number of phenols is 1. The second-order valence-corrected chi connectivity index (χ2v) is 4.53. The summed E-state index contributed by atoms with van der Waals surface area (Å²) in [5, 5.41) is 11.8. The van der Waals surface area contributed by atoms with Gasteiger partial charge >= 0.3 is 0 Å². The average molecular weight is 253 g/mol. The molecular formula is C15H15N3O. The molecule has 0 fully saturated rings. The van der Waals surface area contributed by atoms with Crippen molar-refractivity contribution in [3.8, 4) is 5.75 Å². The predicted molar refractivity (Wildman–Crippen MR) is 73.3 cm³/mol. The van der Waals surface area contributed by atoms with Crippen LogP contribution in [0.25, 0.3) is 6.20 Å². The largest absolute Gasteiger partial charge is 0.508 e. The van der Waals surface area contributed by atoms with Crippen LogP contribution in [-0.2, 0) is 6.54 Å². The normalized spacial score (nSPS) is 17.3. The highest BCUT2D eigenvalue weighted by Gasteiger charge is 2.14. The van der Waals surface area contributed by atoms with Gasteiger partial charge in [-0.3, -0.25) is 5.73 Å². The topological polar surface area (TPSA) is 61.8 Å². The summed E-state index contributed by atoms with van der Waals surface area (Å²) in [6, 6.07) is 15.1. The van der Waals surface area contributed by atoms with Gasteiger partial charge in [0, 0.05) is 23.5 Å². The average Bonchev–Trinajstić information content (AvgIpc) is 2.42. The first-order valence-electron chi connectivity index (χ1n) is 6.17. The van der Waals surface area contributed by atoms with Crippen molar-refractivity contribution in [2.75, 3.05) is 0 Å². The molecule has 0 saturated heterocycles. The second kappa shape index (κ2) is 4.74. The van der Waals surface area contributed by atoms with Crippen molar-refractivity contribution >= 4 is 6.20 Å². The zero-order valence-corrected chi connectivity index (χ0v) is 10.4. The van der Waals surface area contributed by atoms with Gasteiger partial charge in [0.15, 0.2) is 6.29 Å². The van der Waals surface area contributed by atoms with Crippen LogP contribution in [0.3, 0.4) is 0 Å². The number of hydrogen-bond donors (Lipinski definition) is 2. The third kappa shape index (κ3) is 2.30. The van der Waals surface area contributed by atoms with Gasteiger partial charge in [0.1, 0.15) is 5.75 Å². The Morgan fingerprint density at radius 3 is 2.68 bits per heavy atom. The summed E-state index contributed by atoms with van der Waals surface area (Å²) in [6.45, 7) is 0.533. The number of benzene rings is 2. The van der Waals surface area contributed by atoms with Gasteiger partial charge < -0.3 is 10.0 Å². The maximum absolute atomic E-state index is 9.81. The molecule has 3 rings (SSSR count). The van der Waals surface area contributed by atoms with E-state index in [9.17, 15) is 5.11 Å². The molecule has 96 valence electrons. The fourth-order valence-corrected chi connectivity index (χ4v) is 2.17. The Kier molecular flexibility index (Phi) is 2.93. The van der Waals surface area contributed by atoms with E-state index in [1.54, 1.807) is 12.1 Å². The van der Waals surface area contributed by atoms with Gasteiger partial charge in [-0.25, -0.2) is 4.99 Å². The molecule has 3 N–H and O–H groups in total. The summed E-state index contributed by atoms with van der Waals surface area (Å²) >= 11 is 0. The quantitative estimate of drug-likeness (QED) is 0.819. The number of nitrogens with zero attached hydrogens (tertiary/aromatic N) is 2. The van der Waals surface area contributed by atoms with Gasteiger partial charge in [-0.05, 0) is 12.1 Å². The number of rotatable bonds is 2. The molecule has 0 amide bonds. The standard InChI is InChI=1S/C15H15N3O/c16-15-17-13-7-3-1-5-11(13)9-18(15)10-12-6-2-4-8-14(12)19/h1-9,15,19H,10,16H2. The highest BCUT2D eigenvalue weighted by molar-refractivity contribution is 5.34. The van der Waals surface area contributed by atoms with Crippen LogP contribution < -0.4 is 16.3 Å². The fraction of sp³-hybridized carbons (Fsp3) is 0.133. The van der Waals surface area contributed by atoms with Gasteiger partial charge in [0.05, 0.1) is 5.36 Å².